The van der Waals surface area contributed by atoms with E-state index in [9.17, 15) is 8.42 Å². The smallest absolute Gasteiger partial charge is 1.00 e. The van der Waals surface area contributed by atoms with Crippen LogP contribution in [0.25, 0.3) is 0 Å². The van der Waals surface area contributed by atoms with Crippen molar-refractivity contribution in [3.05, 3.63) is 10.1 Å². The molecule has 0 amide bonds. The average Bonchev–Trinajstić information content (AvgIpc) is 1.21. The fourth-order valence-electron chi connectivity index (χ4n) is 0.0769. The summed E-state index contributed by atoms with van der Waals surface area (Å²) in [6.45, 7) is 0. The predicted molar refractivity (Wildman–Crippen MR) is 34.8 cm³/mol. The molecule has 0 aromatic carbocycles. The van der Waals surface area contributed by atoms with Gasteiger partial charge in [-0.25, -0.2) is 0 Å². The van der Waals surface area contributed by atoms with E-state index in [2.05, 4.69) is 4.28 Å². The van der Waals surface area contributed by atoms with Crippen LogP contribution in [0.5, 0.6) is 0 Å². The van der Waals surface area contributed by atoms with Gasteiger partial charge in [-0.3, -0.25) is 4.55 Å². The molecule has 0 heterocycles. The van der Waals surface area contributed by atoms with Crippen LogP contribution in [0.1, 0.15) is 2.85 Å². The van der Waals surface area contributed by atoms with Crippen LogP contribution in [0.15, 0.2) is 0 Å². The first kappa shape index (κ1) is 22.5. The summed E-state index contributed by atoms with van der Waals surface area (Å²) in [6.07, 6.45) is 0. The van der Waals surface area contributed by atoms with E-state index in [1.165, 1.54) is 0 Å². The van der Waals surface area contributed by atoms with Gasteiger partial charge >= 0.3 is 53.2 Å². The molecule has 0 aliphatic heterocycles. The van der Waals surface area contributed by atoms with Gasteiger partial charge in [0.05, 0.1) is 0 Å². The SMILES string of the molecule is O.O.O=[N+]([O-])OS(=O)(=O)O.[Ca+2].[H-].[H-]. The van der Waals surface area contributed by atoms with Crippen molar-refractivity contribution < 1.29 is 36.1 Å². The Kier molecular flexibility index (Phi) is 17.2. The molecule has 0 saturated heterocycles. The van der Waals surface area contributed by atoms with Gasteiger partial charge in [0, 0.05) is 0 Å². The fraction of sp³-hybridized carbons (Fsp3) is 0. The third kappa shape index (κ3) is 25.3. The van der Waals surface area contributed by atoms with E-state index in [-0.39, 0.29) is 51.5 Å². The molecular weight excluding hydrogens is 214 g/mol. The minimum Gasteiger partial charge on any atom is -1.00 e. The van der Waals surface area contributed by atoms with Gasteiger partial charge < -0.3 is 13.8 Å². The van der Waals surface area contributed by atoms with Gasteiger partial charge in [0.15, 0.2) is 0 Å². The summed E-state index contributed by atoms with van der Waals surface area (Å²) in [6, 6.07) is 0. The molecule has 0 spiro atoms. The molecule has 0 radical (unpaired) electrons. The Labute approximate surface area is 94.0 Å². The quantitative estimate of drug-likeness (QED) is 0.228. The van der Waals surface area contributed by atoms with Gasteiger partial charge in [-0.15, -0.1) is 10.1 Å². The van der Waals surface area contributed by atoms with Gasteiger partial charge in [-0.1, -0.05) is 0 Å². The Morgan fingerprint density at radius 3 is 1.73 bits per heavy atom. The molecule has 0 unspecified atom stereocenters. The van der Waals surface area contributed by atoms with Gasteiger partial charge in [0.25, 0.3) is 0 Å². The van der Waals surface area contributed by atoms with Crippen LogP contribution < -0.4 is 0 Å². The minimum absolute atomic E-state index is 0. The largest absolute Gasteiger partial charge is 2.00 e. The zero-order chi connectivity index (χ0) is 6.78. The molecule has 0 atom stereocenters. The van der Waals surface area contributed by atoms with Crippen LogP contribution in [0.3, 0.4) is 0 Å². The monoisotopic (exact) mass is 221 g/mol. The molecule has 0 aromatic heterocycles. The molecule has 0 aliphatic rings. The first-order chi connectivity index (χ1) is 3.42. The minimum atomic E-state index is -4.92. The molecule has 68 valence electrons. The molecule has 0 rings (SSSR count). The fourth-order valence-corrected chi connectivity index (χ4v) is 0.231. The number of hydrogen-bond donors (Lipinski definition) is 1. The van der Waals surface area contributed by atoms with Crippen LogP contribution in [0, 0.1) is 10.1 Å². The second kappa shape index (κ2) is 8.39. The van der Waals surface area contributed by atoms with E-state index in [4.69, 9.17) is 14.7 Å². The van der Waals surface area contributed by atoms with Gasteiger partial charge in [-0.2, -0.15) is 12.7 Å². The molecule has 11 heteroatoms. The number of rotatable bonds is 2. The molecule has 0 bridgehead atoms. The van der Waals surface area contributed by atoms with Gasteiger partial charge in [0.2, 0.25) is 0 Å². The molecule has 9 nitrogen and oxygen atoms in total. The summed E-state index contributed by atoms with van der Waals surface area (Å²) in [7, 11) is -4.92. The van der Waals surface area contributed by atoms with Crippen molar-refractivity contribution in [2.24, 2.45) is 0 Å². The maximum atomic E-state index is 9.33. The third-order valence-corrected chi connectivity index (χ3v) is 0.465. The molecular formula is H7CaNO8S. The van der Waals surface area contributed by atoms with Crippen molar-refractivity contribution >= 4 is 48.1 Å². The summed E-state index contributed by atoms with van der Waals surface area (Å²) in [5.74, 6) is 0. The summed E-state index contributed by atoms with van der Waals surface area (Å²) in [5.41, 5.74) is 0. The Morgan fingerprint density at radius 1 is 1.45 bits per heavy atom. The summed E-state index contributed by atoms with van der Waals surface area (Å²) < 4.78 is 28.9. The molecule has 0 saturated carbocycles. The van der Waals surface area contributed by atoms with Crippen molar-refractivity contribution in [3.63, 3.8) is 0 Å². The van der Waals surface area contributed by atoms with Crippen LogP contribution in [0.2, 0.25) is 0 Å². The maximum Gasteiger partial charge on any atom is 2.00 e. The first-order valence-corrected chi connectivity index (χ1v) is 2.60. The van der Waals surface area contributed by atoms with Crippen molar-refractivity contribution in [3.8, 4) is 0 Å². The van der Waals surface area contributed by atoms with Crippen molar-refractivity contribution in [1.29, 1.82) is 0 Å². The van der Waals surface area contributed by atoms with Crippen molar-refractivity contribution in [2.45, 2.75) is 0 Å². The summed E-state index contributed by atoms with van der Waals surface area (Å²) in [5, 5.41) is 7.43. The molecule has 5 N–H and O–H groups in total. The number of hydrogen-bond acceptors (Lipinski definition) is 5. The predicted octanol–water partition coefficient (Wildman–Crippen LogP) is -2.81. The van der Waals surface area contributed by atoms with E-state index in [1.54, 1.807) is 0 Å². The van der Waals surface area contributed by atoms with Gasteiger partial charge in [0.1, 0.15) is 0 Å². The van der Waals surface area contributed by atoms with E-state index in [0.717, 1.165) is 0 Å². The first-order valence-electron chi connectivity index (χ1n) is 1.23. The summed E-state index contributed by atoms with van der Waals surface area (Å²) >= 11 is 0. The van der Waals surface area contributed by atoms with E-state index in [0.29, 0.717) is 0 Å². The standard InChI is InChI=1S/Ca.HNO6S.2H2O.2H/c;2-1(3)7-8(4,5)6;;;;/h;(H,4,5,6);2*1H2;;/q+2;;;;2*-1. The van der Waals surface area contributed by atoms with E-state index >= 15 is 0 Å². The Balaban J connectivity index is -0.0000000245. The Hall–Kier alpha value is 0.290. The second-order valence-corrected chi connectivity index (χ2v) is 1.73. The van der Waals surface area contributed by atoms with E-state index < -0.39 is 15.5 Å². The zero-order valence-electron chi connectivity index (χ0n) is 7.05. The van der Waals surface area contributed by atoms with Crippen LogP contribution in [-0.2, 0) is 14.7 Å². The topological polar surface area (TPSA) is 170 Å². The summed E-state index contributed by atoms with van der Waals surface area (Å²) in [4.78, 5) is 9.06. The molecule has 11 heavy (non-hydrogen) atoms. The van der Waals surface area contributed by atoms with Crippen molar-refractivity contribution in [2.75, 3.05) is 0 Å². The number of nitrogens with zero attached hydrogens (tertiary/aromatic N) is 1. The molecule has 0 fully saturated rings. The van der Waals surface area contributed by atoms with Crippen LogP contribution >= 0.6 is 0 Å². The van der Waals surface area contributed by atoms with Gasteiger partial charge in [-0.05, 0) is 0 Å². The van der Waals surface area contributed by atoms with Crippen LogP contribution in [-0.4, -0.2) is 66.7 Å². The Morgan fingerprint density at radius 2 is 1.73 bits per heavy atom. The van der Waals surface area contributed by atoms with E-state index in [1.807, 2.05) is 0 Å². The molecule has 0 aromatic rings. The molecule has 0 aliphatic carbocycles. The maximum absolute atomic E-state index is 9.33. The second-order valence-electron chi connectivity index (χ2n) is 0.726. The zero-order valence-corrected chi connectivity index (χ0v) is 8.08. The average molecular weight is 221 g/mol. The van der Waals surface area contributed by atoms with Crippen LogP contribution in [0.4, 0.5) is 0 Å². The normalized spacial score (nSPS) is 7.73. The Bertz CT molecular complexity index is 188. The van der Waals surface area contributed by atoms with Crippen molar-refractivity contribution in [1.82, 2.24) is 0 Å². The third-order valence-electron chi connectivity index (χ3n) is 0.155.